The Morgan fingerprint density at radius 2 is 2.21 bits per heavy atom. The SMILES string of the molecule is CN(C)CCC1CN(Cc2cccc3[nH]ccc23)Cc2cncn21. The lowest BCUT2D eigenvalue weighted by molar-refractivity contribution is 0.165. The van der Waals surface area contributed by atoms with E-state index in [4.69, 9.17) is 0 Å². The molecule has 1 unspecified atom stereocenters. The smallest absolute Gasteiger partial charge is 0.0951 e. The lowest BCUT2D eigenvalue weighted by Gasteiger charge is -2.35. The summed E-state index contributed by atoms with van der Waals surface area (Å²) >= 11 is 0. The van der Waals surface area contributed by atoms with Crippen LogP contribution >= 0.6 is 0 Å². The normalized spacial score (nSPS) is 18.4. The van der Waals surface area contributed by atoms with Crippen LogP contribution in [0.5, 0.6) is 0 Å². The monoisotopic (exact) mass is 323 g/mol. The van der Waals surface area contributed by atoms with Gasteiger partial charge in [0.15, 0.2) is 0 Å². The molecule has 1 N–H and O–H groups in total. The summed E-state index contributed by atoms with van der Waals surface area (Å²) in [6.45, 7) is 4.14. The van der Waals surface area contributed by atoms with Crippen molar-refractivity contribution < 1.29 is 0 Å². The molecule has 1 atom stereocenters. The highest BCUT2D eigenvalue weighted by atomic mass is 15.2. The number of aromatic amines is 1. The molecule has 2 aromatic heterocycles. The molecule has 126 valence electrons. The Morgan fingerprint density at radius 3 is 3.08 bits per heavy atom. The van der Waals surface area contributed by atoms with Crippen molar-refractivity contribution in [2.24, 2.45) is 0 Å². The molecule has 1 aliphatic heterocycles. The van der Waals surface area contributed by atoms with Gasteiger partial charge in [-0.1, -0.05) is 12.1 Å². The van der Waals surface area contributed by atoms with E-state index in [2.05, 4.69) is 62.7 Å². The molecule has 24 heavy (non-hydrogen) atoms. The third kappa shape index (κ3) is 2.97. The molecule has 0 spiro atoms. The van der Waals surface area contributed by atoms with E-state index in [-0.39, 0.29) is 0 Å². The summed E-state index contributed by atoms with van der Waals surface area (Å²) in [5.41, 5.74) is 3.94. The number of imidazole rings is 1. The van der Waals surface area contributed by atoms with Crippen molar-refractivity contribution in [3.05, 3.63) is 54.2 Å². The fourth-order valence-electron chi connectivity index (χ4n) is 3.75. The molecule has 0 aliphatic carbocycles. The maximum Gasteiger partial charge on any atom is 0.0951 e. The summed E-state index contributed by atoms with van der Waals surface area (Å²) < 4.78 is 2.37. The standard InChI is InChI=1S/C19H25N5/c1-22(2)9-7-16-12-23(13-17-10-20-14-24(16)17)11-15-4-3-5-19-18(15)6-8-21-19/h3-6,8,10,14,16,21H,7,9,11-13H2,1-2H3. The van der Waals surface area contributed by atoms with Crippen molar-refractivity contribution in [1.82, 2.24) is 24.3 Å². The highest BCUT2D eigenvalue weighted by Gasteiger charge is 2.25. The zero-order valence-electron chi connectivity index (χ0n) is 14.4. The molecule has 0 radical (unpaired) electrons. The van der Waals surface area contributed by atoms with Gasteiger partial charge in [0, 0.05) is 49.0 Å². The first-order chi connectivity index (χ1) is 11.7. The van der Waals surface area contributed by atoms with Crippen LogP contribution in [0.15, 0.2) is 43.0 Å². The topological polar surface area (TPSA) is 40.1 Å². The van der Waals surface area contributed by atoms with Crippen LogP contribution in [0.4, 0.5) is 0 Å². The first-order valence-electron chi connectivity index (χ1n) is 8.63. The van der Waals surface area contributed by atoms with Gasteiger partial charge in [0.05, 0.1) is 12.0 Å². The molecule has 0 bridgehead atoms. The van der Waals surface area contributed by atoms with Gasteiger partial charge in [-0.25, -0.2) is 4.98 Å². The van der Waals surface area contributed by atoms with Crippen molar-refractivity contribution in [2.75, 3.05) is 27.2 Å². The van der Waals surface area contributed by atoms with E-state index in [1.54, 1.807) is 0 Å². The number of nitrogens with one attached hydrogen (secondary N) is 1. The summed E-state index contributed by atoms with van der Waals surface area (Å²) in [7, 11) is 4.28. The maximum atomic E-state index is 4.38. The van der Waals surface area contributed by atoms with E-state index in [9.17, 15) is 0 Å². The molecule has 0 saturated carbocycles. The van der Waals surface area contributed by atoms with Crippen molar-refractivity contribution in [3.8, 4) is 0 Å². The Hall–Kier alpha value is -2.11. The highest BCUT2D eigenvalue weighted by molar-refractivity contribution is 5.82. The van der Waals surface area contributed by atoms with Gasteiger partial charge >= 0.3 is 0 Å². The summed E-state index contributed by atoms with van der Waals surface area (Å²) in [5.74, 6) is 0. The fraction of sp³-hybridized carbons (Fsp3) is 0.421. The quantitative estimate of drug-likeness (QED) is 0.785. The Balaban J connectivity index is 1.55. The number of rotatable bonds is 5. The average Bonchev–Trinajstić information content (AvgIpc) is 3.21. The second-order valence-electron chi connectivity index (χ2n) is 7.06. The molecule has 5 heteroatoms. The molecule has 1 aliphatic rings. The Labute approximate surface area is 142 Å². The molecule has 0 fully saturated rings. The van der Waals surface area contributed by atoms with Crippen molar-refractivity contribution in [1.29, 1.82) is 0 Å². The molecular weight excluding hydrogens is 298 g/mol. The van der Waals surface area contributed by atoms with Crippen LogP contribution in [0.1, 0.15) is 23.7 Å². The number of benzene rings is 1. The number of H-pyrrole nitrogens is 1. The van der Waals surface area contributed by atoms with Gasteiger partial charge in [0.2, 0.25) is 0 Å². The highest BCUT2D eigenvalue weighted by Crippen LogP contribution is 2.26. The molecule has 3 heterocycles. The molecule has 4 rings (SSSR count). The second kappa shape index (κ2) is 6.42. The van der Waals surface area contributed by atoms with E-state index in [1.165, 1.54) is 22.2 Å². The zero-order chi connectivity index (χ0) is 16.5. The predicted octanol–water partition coefficient (Wildman–Crippen LogP) is 2.87. The van der Waals surface area contributed by atoms with Crippen LogP contribution in [0.2, 0.25) is 0 Å². The second-order valence-corrected chi connectivity index (χ2v) is 7.06. The van der Waals surface area contributed by atoms with Gasteiger partial charge in [-0.15, -0.1) is 0 Å². The van der Waals surface area contributed by atoms with E-state index >= 15 is 0 Å². The molecule has 0 amide bonds. The predicted molar refractivity (Wildman–Crippen MR) is 96.8 cm³/mol. The minimum Gasteiger partial charge on any atom is -0.361 e. The Kier molecular flexibility index (Phi) is 4.12. The van der Waals surface area contributed by atoms with Gasteiger partial charge in [0.25, 0.3) is 0 Å². The fourth-order valence-corrected chi connectivity index (χ4v) is 3.75. The Morgan fingerprint density at radius 1 is 1.29 bits per heavy atom. The molecule has 0 saturated heterocycles. The van der Waals surface area contributed by atoms with E-state index < -0.39 is 0 Å². The maximum absolute atomic E-state index is 4.38. The van der Waals surface area contributed by atoms with Crippen LogP contribution in [0, 0.1) is 0 Å². The average molecular weight is 323 g/mol. The third-order valence-corrected chi connectivity index (χ3v) is 4.98. The van der Waals surface area contributed by atoms with E-state index in [1.807, 2.05) is 18.7 Å². The minimum absolute atomic E-state index is 0.504. The lowest BCUT2D eigenvalue weighted by atomic mass is 10.1. The molecule has 3 aromatic rings. The third-order valence-electron chi connectivity index (χ3n) is 4.98. The van der Waals surface area contributed by atoms with Crippen molar-refractivity contribution in [3.63, 3.8) is 0 Å². The summed E-state index contributed by atoms with van der Waals surface area (Å²) in [6, 6.07) is 9.22. The first kappa shape index (κ1) is 15.4. The van der Waals surface area contributed by atoms with Gasteiger partial charge in [-0.2, -0.15) is 0 Å². The minimum atomic E-state index is 0.504. The summed E-state index contributed by atoms with van der Waals surface area (Å²) in [4.78, 5) is 12.5. The number of hydrogen-bond acceptors (Lipinski definition) is 3. The van der Waals surface area contributed by atoms with Gasteiger partial charge < -0.3 is 14.5 Å². The van der Waals surface area contributed by atoms with Crippen LogP contribution < -0.4 is 0 Å². The molecule has 1 aromatic carbocycles. The Bertz CT molecular complexity index is 816. The number of hydrogen-bond donors (Lipinski definition) is 1. The zero-order valence-corrected chi connectivity index (χ0v) is 14.4. The van der Waals surface area contributed by atoms with Gasteiger partial charge in [-0.3, -0.25) is 4.90 Å². The lowest BCUT2D eigenvalue weighted by Crippen LogP contribution is -2.37. The molecule has 5 nitrogen and oxygen atoms in total. The van der Waals surface area contributed by atoms with Crippen LogP contribution in [-0.2, 0) is 13.1 Å². The first-order valence-corrected chi connectivity index (χ1v) is 8.63. The summed E-state index contributed by atoms with van der Waals surface area (Å²) in [6.07, 6.45) is 7.20. The van der Waals surface area contributed by atoms with Crippen molar-refractivity contribution >= 4 is 10.9 Å². The molecular formula is C19H25N5. The van der Waals surface area contributed by atoms with Crippen molar-refractivity contribution in [2.45, 2.75) is 25.6 Å². The number of fused-ring (bicyclic) bond motifs is 2. The van der Waals surface area contributed by atoms with Crippen LogP contribution in [0.3, 0.4) is 0 Å². The van der Waals surface area contributed by atoms with Crippen LogP contribution in [-0.4, -0.2) is 51.5 Å². The van der Waals surface area contributed by atoms with Gasteiger partial charge in [-0.05, 0) is 44.8 Å². The number of nitrogens with zero attached hydrogens (tertiary/aromatic N) is 4. The summed E-state index contributed by atoms with van der Waals surface area (Å²) in [5, 5.41) is 1.33. The van der Waals surface area contributed by atoms with E-state index in [0.29, 0.717) is 6.04 Å². The largest absolute Gasteiger partial charge is 0.361 e. The van der Waals surface area contributed by atoms with E-state index in [0.717, 1.165) is 32.6 Å². The van der Waals surface area contributed by atoms with Gasteiger partial charge in [0.1, 0.15) is 0 Å². The number of aromatic nitrogens is 3. The van der Waals surface area contributed by atoms with Crippen LogP contribution in [0.25, 0.3) is 10.9 Å².